The van der Waals surface area contributed by atoms with Crippen molar-refractivity contribution in [3.05, 3.63) is 100 Å². The van der Waals surface area contributed by atoms with Crippen LogP contribution in [0.4, 0.5) is 0 Å². The van der Waals surface area contributed by atoms with Gasteiger partial charge < -0.3 is 9.47 Å². The summed E-state index contributed by atoms with van der Waals surface area (Å²) < 4.78 is 11.6. The highest BCUT2D eigenvalue weighted by Gasteiger charge is 2.36. The van der Waals surface area contributed by atoms with Gasteiger partial charge in [-0.2, -0.15) is 15.1 Å². The Kier molecular flexibility index (Phi) is 7.11. The number of amides is 1. The van der Waals surface area contributed by atoms with Crippen LogP contribution in [0.3, 0.4) is 0 Å². The van der Waals surface area contributed by atoms with Gasteiger partial charge in [-0.25, -0.2) is 0 Å². The molecule has 0 fully saturated rings. The molecule has 0 aliphatic carbocycles. The van der Waals surface area contributed by atoms with Crippen LogP contribution in [-0.4, -0.2) is 40.2 Å². The number of thioether (sulfide) groups is 1. The molecule has 2 aliphatic heterocycles. The maximum Gasteiger partial charge on any atom is 0.283 e. The first-order valence-electron chi connectivity index (χ1n) is 11.2. The van der Waals surface area contributed by atoms with Crippen molar-refractivity contribution < 1.29 is 14.3 Å². The normalized spacial score (nSPS) is 16.0. The Hall–Kier alpha value is -3.95. The van der Waals surface area contributed by atoms with Gasteiger partial charge in [0.25, 0.3) is 5.91 Å². The van der Waals surface area contributed by atoms with Gasteiger partial charge in [0.1, 0.15) is 29.8 Å². The predicted octanol–water partition coefficient (Wildman–Crippen LogP) is 5.60. The first-order valence-corrected chi connectivity index (χ1v) is 12.9. The summed E-state index contributed by atoms with van der Waals surface area (Å²) in [5, 5.41) is 17.5. The Bertz CT molecular complexity index is 1390. The van der Waals surface area contributed by atoms with Gasteiger partial charge in [0.05, 0.1) is 10.5 Å². The van der Waals surface area contributed by atoms with Crippen LogP contribution in [0.5, 0.6) is 11.5 Å². The third-order valence-electron chi connectivity index (χ3n) is 5.32. The van der Waals surface area contributed by atoms with Crippen molar-refractivity contribution in [1.82, 2.24) is 5.01 Å². The Morgan fingerprint density at radius 2 is 1.83 bits per heavy atom. The fraction of sp³-hybridized carbons (Fsp3) is 0.111. The van der Waals surface area contributed by atoms with Crippen LogP contribution >= 0.6 is 23.1 Å². The molecule has 0 unspecified atom stereocenters. The molecule has 3 heterocycles. The van der Waals surface area contributed by atoms with Crippen LogP contribution in [0.1, 0.15) is 16.0 Å². The van der Waals surface area contributed by atoms with E-state index in [4.69, 9.17) is 14.9 Å². The van der Waals surface area contributed by atoms with E-state index in [1.807, 2.05) is 72.1 Å². The molecule has 1 amide bonds. The van der Waals surface area contributed by atoms with E-state index in [1.54, 1.807) is 17.4 Å². The lowest BCUT2D eigenvalue weighted by atomic mass is 10.1. The molecule has 0 saturated heterocycles. The summed E-state index contributed by atoms with van der Waals surface area (Å²) in [4.78, 5) is 17.8. The Balaban J connectivity index is 1.20. The molecule has 9 heteroatoms. The lowest BCUT2D eigenvalue weighted by Gasteiger charge is -2.20. The zero-order chi connectivity index (χ0) is 24.9. The number of fused-ring (bicyclic) bond motifs is 1. The molecule has 5 rings (SSSR count). The van der Waals surface area contributed by atoms with Gasteiger partial charge >= 0.3 is 0 Å². The number of para-hydroxylation sites is 1. The monoisotopic (exact) mass is 514 g/mol. The lowest BCUT2D eigenvalue weighted by molar-refractivity contribution is -0.114. The van der Waals surface area contributed by atoms with Crippen molar-refractivity contribution in [2.24, 2.45) is 10.1 Å². The molecule has 2 aliphatic rings. The Morgan fingerprint density at radius 3 is 2.61 bits per heavy atom. The van der Waals surface area contributed by atoms with Gasteiger partial charge in [-0.15, -0.1) is 17.9 Å². The van der Waals surface area contributed by atoms with E-state index in [-0.39, 0.29) is 11.4 Å². The summed E-state index contributed by atoms with van der Waals surface area (Å²) in [6, 6.07) is 19.1. The first kappa shape index (κ1) is 23.8. The minimum atomic E-state index is -0.449. The molecule has 180 valence electrons. The smallest absolute Gasteiger partial charge is 0.283 e. The highest BCUT2D eigenvalue weighted by molar-refractivity contribution is 8.27. The van der Waals surface area contributed by atoms with E-state index in [1.165, 1.54) is 16.8 Å². The fourth-order valence-electron chi connectivity index (χ4n) is 3.60. The van der Waals surface area contributed by atoms with Crippen molar-refractivity contribution in [2.45, 2.75) is 6.42 Å². The minimum Gasteiger partial charge on any atom is -0.490 e. The zero-order valence-corrected chi connectivity index (χ0v) is 20.8. The van der Waals surface area contributed by atoms with E-state index in [0.29, 0.717) is 24.1 Å². The second kappa shape index (κ2) is 10.8. The number of hydrogen-bond donors (Lipinski definition) is 1. The fourth-order valence-corrected chi connectivity index (χ4v) is 5.28. The van der Waals surface area contributed by atoms with E-state index in [2.05, 4.69) is 16.7 Å². The summed E-state index contributed by atoms with van der Waals surface area (Å²) in [5.74, 6) is 1.08. The third kappa shape index (κ3) is 5.17. The van der Waals surface area contributed by atoms with Crippen LogP contribution in [0.15, 0.2) is 94.4 Å². The molecule has 0 bridgehead atoms. The first-order chi connectivity index (χ1) is 17.6. The van der Waals surface area contributed by atoms with Gasteiger partial charge in [0.15, 0.2) is 5.84 Å². The van der Waals surface area contributed by atoms with Crippen LogP contribution in [-0.2, 0) is 11.2 Å². The standard InChI is InChI=1S/C27H22N4O3S2/c1-2-6-19-7-3-4-8-22(19)34-15-14-33-20-12-10-18(11-13-20)17-21-24(28)31-27(29-25(21)32)36-26(30-31)23-9-5-16-35-23/h2-5,7-13,16-17,28H,1,6,14-15H2/b21-17-,28-24?. The van der Waals surface area contributed by atoms with Gasteiger partial charge in [0.2, 0.25) is 5.17 Å². The summed E-state index contributed by atoms with van der Waals surface area (Å²) in [6.07, 6.45) is 4.25. The number of allylic oxidation sites excluding steroid dienone is 1. The maximum atomic E-state index is 12.6. The maximum absolute atomic E-state index is 12.6. The number of ether oxygens (including phenoxy) is 2. The summed E-state index contributed by atoms with van der Waals surface area (Å²) >= 11 is 2.85. The van der Waals surface area contributed by atoms with Crippen LogP contribution in [0.2, 0.25) is 0 Å². The second-order valence-electron chi connectivity index (χ2n) is 7.77. The van der Waals surface area contributed by atoms with E-state index in [0.717, 1.165) is 33.2 Å². The number of thiophene rings is 1. The molecule has 0 saturated carbocycles. The van der Waals surface area contributed by atoms with Crippen molar-refractivity contribution in [1.29, 1.82) is 5.41 Å². The zero-order valence-electron chi connectivity index (χ0n) is 19.2. The van der Waals surface area contributed by atoms with Crippen molar-refractivity contribution >= 4 is 51.1 Å². The molecule has 1 aromatic heterocycles. The van der Waals surface area contributed by atoms with Gasteiger partial charge in [-0.3, -0.25) is 10.2 Å². The van der Waals surface area contributed by atoms with Gasteiger partial charge in [0, 0.05) is 0 Å². The SMILES string of the molecule is C=CCc1ccccc1OCCOc1ccc(/C=C2/C(=N)N3N=C(c4cccs4)SC3=NC2=O)cc1. The van der Waals surface area contributed by atoms with Gasteiger partial charge in [-0.05, 0) is 65.0 Å². The number of aliphatic imine (C=N–C) groups is 1. The summed E-state index contributed by atoms with van der Waals surface area (Å²) in [6.45, 7) is 4.58. The number of nitrogens with one attached hydrogen (secondary N) is 1. The van der Waals surface area contributed by atoms with E-state index < -0.39 is 5.91 Å². The number of amidine groups is 2. The van der Waals surface area contributed by atoms with Gasteiger partial charge in [-0.1, -0.05) is 42.5 Å². The van der Waals surface area contributed by atoms with Crippen LogP contribution < -0.4 is 9.47 Å². The highest BCUT2D eigenvalue weighted by Crippen LogP contribution is 2.32. The summed E-state index contributed by atoms with van der Waals surface area (Å²) in [5.41, 5.74) is 2.04. The minimum absolute atomic E-state index is 0.0123. The quantitative estimate of drug-likeness (QED) is 0.228. The van der Waals surface area contributed by atoms with Crippen molar-refractivity contribution in [3.8, 4) is 11.5 Å². The van der Waals surface area contributed by atoms with E-state index >= 15 is 0 Å². The summed E-state index contributed by atoms with van der Waals surface area (Å²) in [7, 11) is 0. The van der Waals surface area contributed by atoms with Crippen LogP contribution in [0, 0.1) is 5.41 Å². The molecule has 36 heavy (non-hydrogen) atoms. The molecule has 3 aromatic rings. The lowest BCUT2D eigenvalue weighted by Crippen LogP contribution is -2.35. The number of nitrogens with zero attached hydrogens (tertiary/aromatic N) is 3. The molecule has 1 N–H and O–H groups in total. The Morgan fingerprint density at radius 1 is 1.03 bits per heavy atom. The number of carbonyl (C=O) groups is 1. The average Bonchev–Trinajstić information content (AvgIpc) is 3.57. The molecule has 2 aromatic carbocycles. The van der Waals surface area contributed by atoms with Crippen LogP contribution in [0.25, 0.3) is 6.08 Å². The molecule has 0 spiro atoms. The number of hydrazone groups is 1. The Labute approximate surface area is 217 Å². The third-order valence-corrected chi connectivity index (χ3v) is 7.27. The molecular weight excluding hydrogens is 492 g/mol. The average molecular weight is 515 g/mol. The predicted molar refractivity (Wildman–Crippen MR) is 146 cm³/mol. The second-order valence-corrected chi connectivity index (χ2v) is 9.67. The van der Waals surface area contributed by atoms with Crippen molar-refractivity contribution in [3.63, 3.8) is 0 Å². The largest absolute Gasteiger partial charge is 0.490 e. The highest BCUT2D eigenvalue weighted by atomic mass is 32.2. The van der Waals surface area contributed by atoms with E-state index in [9.17, 15) is 4.79 Å². The molecule has 0 radical (unpaired) electrons. The molecule has 0 atom stereocenters. The molecular formula is C27H22N4O3S2. The molecule has 7 nitrogen and oxygen atoms in total. The number of benzene rings is 2. The number of rotatable bonds is 9. The number of carbonyl (C=O) groups excluding carboxylic acids is 1. The number of hydrogen-bond acceptors (Lipinski definition) is 7. The van der Waals surface area contributed by atoms with Crippen molar-refractivity contribution in [2.75, 3.05) is 13.2 Å². The topological polar surface area (TPSA) is 87.3 Å².